The number of carboxylic acid groups (broad SMARTS) is 1. The van der Waals surface area contributed by atoms with E-state index in [0.717, 1.165) is 41.6 Å². The van der Waals surface area contributed by atoms with Crippen LogP contribution in [0.3, 0.4) is 0 Å². The molecule has 1 aliphatic rings. The first-order chi connectivity index (χ1) is 19.8. The minimum Gasteiger partial charge on any atom is -0.494 e. The quantitative estimate of drug-likeness (QED) is 0.197. The van der Waals surface area contributed by atoms with Gasteiger partial charge in [0.2, 0.25) is 12.7 Å². The number of benzene rings is 3. The number of ether oxygens (including phenoxy) is 3. The molecule has 1 amide bonds. The number of rotatable bonds is 14. The first-order valence-corrected chi connectivity index (χ1v) is 14.2. The van der Waals surface area contributed by atoms with Crippen molar-refractivity contribution in [1.82, 2.24) is 0 Å². The highest BCUT2D eigenvalue weighted by Gasteiger charge is 2.34. The van der Waals surface area contributed by atoms with E-state index in [9.17, 15) is 14.7 Å². The Labute approximate surface area is 241 Å². The average molecular weight is 559 g/mol. The fourth-order valence-electron chi connectivity index (χ4n) is 5.21. The molecule has 0 saturated carbocycles. The van der Waals surface area contributed by atoms with Crippen molar-refractivity contribution in [2.24, 2.45) is 5.92 Å². The summed E-state index contributed by atoms with van der Waals surface area (Å²) in [5.74, 6) is -1.37. The predicted molar refractivity (Wildman–Crippen MR) is 159 cm³/mol. The molecule has 2 unspecified atom stereocenters. The van der Waals surface area contributed by atoms with Gasteiger partial charge in [-0.3, -0.25) is 9.59 Å². The highest BCUT2D eigenvalue weighted by molar-refractivity contribution is 6.09. The van der Waals surface area contributed by atoms with Crippen molar-refractivity contribution >= 4 is 23.3 Å². The second-order valence-electron chi connectivity index (χ2n) is 10.1. The molecule has 216 valence electrons. The number of nitrogens with one attached hydrogen (secondary N) is 2. The Morgan fingerprint density at radius 2 is 1.66 bits per heavy atom. The van der Waals surface area contributed by atoms with Crippen molar-refractivity contribution < 1.29 is 28.9 Å². The number of carboxylic acids is 1. The van der Waals surface area contributed by atoms with E-state index in [0.29, 0.717) is 29.4 Å². The Bertz CT molecular complexity index is 1360. The number of aryl methyl sites for hydroxylation is 2. The largest absolute Gasteiger partial charge is 0.494 e. The van der Waals surface area contributed by atoms with Gasteiger partial charge in [-0.1, -0.05) is 57.2 Å². The zero-order chi connectivity index (χ0) is 29.4. The van der Waals surface area contributed by atoms with E-state index in [1.54, 1.807) is 36.4 Å². The van der Waals surface area contributed by atoms with Gasteiger partial charge >= 0.3 is 5.97 Å². The summed E-state index contributed by atoms with van der Waals surface area (Å²) in [6, 6.07) is 18.5. The monoisotopic (exact) mass is 558 g/mol. The molecule has 1 aliphatic heterocycles. The number of amides is 1. The van der Waals surface area contributed by atoms with Gasteiger partial charge in [0.1, 0.15) is 5.75 Å². The molecule has 1 heterocycles. The third-order valence-electron chi connectivity index (χ3n) is 7.31. The first-order valence-electron chi connectivity index (χ1n) is 14.2. The second-order valence-corrected chi connectivity index (χ2v) is 10.1. The topological polar surface area (TPSA) is 118 Å². The number of hydrogen-bond acceptors (Lipinski definition) is 6. The molecular weight excluding hydrogens is 520 g/mol. The maximum Gasteiger partial charge on any atom is 0.307 e. The molecule has 3 aromatic rings. The van der Waals surface area contributed by atoms with Crippen LogP contribution in [0.4, 0.5) is 5.69 Å². The smallest absolute Gasteiger partial charge is 0.307 e. The molecule has 0 aromatic heterocycles. The molecular formula is C33H38N2O6. The van der Waals surface area contributed by atoms with Crippen LogP contribution in [0, 0.1) is 11.3 Å². The molecule has 2 atom stereocenters. The third kappa shape index (κ3) is 7.25. The molecule has 3 aromatic carbocycles. The summed E-state index contributed by atoms with van der Waals surface area (Å²) in [5.41, 5.74) is 4.24. The van der Waals surface area contributed by atoms with Crippen molar-refractivity contribution in [1.29, 1.82) is 5.41 Å². The third-order valence-corrected chi connectivity index (χ3v) is 7.31. The summed E-state index contributed by atoms with van der Waals surface area (Å²) in [6.45, 7) is 6.77. The van der Waals surface area contributed by atoms with Crippen molar-refractivity contribution in [2.75, 3.05) is 18.7 Å². The maximum atomic E-state index is 13.3. The van der Waals surface area contributed by atoms with Crippen LogP contribution in [0.15, 0.2) is 60.7 Å². The molecule has 0 bridgehead atoms. The van der Waals surface area contributed by atoms with Gasteiger partial charge in [0.15, 0.2) is 11.5 Å². The van der Waals surface area contributed by atoms with E-state index < -0.39 is 17.8 Å². The molecule has 0 spiro atoms. The van der Waals surface area contributed by atoms with Crippen LogP contribution in [-0.4, -0.2) is 36.1 Å². The van der Waals surface area contributed by atoms with Crippen LogP contribution >= 0.6 is 0 Å². The fraction of sp³-hybridized carbons (Fsp3) is 0.364. The minimum atomic E-state index is -1.05. The van der Waals surface area contributed by atoms with Gasteiger partial charge in [-0.15, -0.1) is 0 Å². The number of carbonyl (C=O) groups is 2. The Morgan fingerprint density at radius 1 is 0.976 bits per heavy atom. The summed E-state index contributed by atoms with van der Waals surface area (Å²) >= 11 is 0. The molecule has 8 heteroatoms. The lowest BCUT2D eigenvalue weighted by Crippen LogP contribution is -2.32. The number of anilines is 1. The number of aliphatic carboxylic acids is 1. The van der Waals surface area contributed by atoms with Gasteiger partial charge in [-0.25, -0.2) is 0 Å². The predicted octanol–water partition coefficient (Wildman–Crippen LogP) is 6.40. The van der Waals surface area contributed by atoms with Gasteiger partial charge in [0.25, 0.3) is 0 Å². The van der Waals surface area contributed by atoms with Crippen LogP contribution in [0.5, 0.6) is 17.2 Å². The van der Waals surface area contributed by atoms with E-state index in [1.165, 1.54) is 0 Å². The van der Waals surface area contributed by atoms with E-state index >= 15 is 0 Å². The van der Waals surface area contributed by atoms with E-state index in [2.05, 4.69) is 5.32 Å². The Morgan fingerprint density at radius 3 is 2.29 bits per heavy atom. The molecule has 0 radical (unpaired) electrons. The lowest BCUT2D eigenvalue weighted by atomic mass is 9.78. The summed E-state index contributed by atoms with van der Waals surface area (Å²) in [7, 11) is 0. The van der Waals surface area contributed by atoms with Gasteiger partial charge < -0.3 is 30.0 Å². The zero-order valence-electron chi connectivity index (χ0n) is 23.9. The maximum absolute atomic E-state index is 13.3. The van der Waals surface area contributed by atoms with Crippen LogP contribution < -0.4 is 19.5 Å². The summed E-state index contributed by atoms with van der Waals surface area (Å²) < 4.78 is 16.6. The number of fused-ring (bicyclic) bond motifs is 1. The van der Waals surface area contributed by atoms with Crippen molar-refractivity contribution in [3.8, 4) is 17.2 Å². The molecule has 3 N–H and O–H groups in total. The van der Waals surface area contributed by atoms with E-state index in [4.69, 9.17) is 19.6 Å². The van der Waals surface area contributed by atoms with Crippen molar-refractivity contribution in [2.45, 2.75) is 58.8 Å². The SMILES string of the molecule is CCCOc1ccc(C(C(=N)CC(=O)Nc2c(CC)cccc2CC)C(Cc2ccc3c(c2)OCO3)C(=O)O)cc1. The standard InChI is InChI=1S/C33H38N2O6/c1-4-16-39-25-13-11-24(12-14-25)31(26(33(37)38)17-21-10-15-28-29(18-21)41-20-40-28)27(34)19-30(36)35-32-22(5-2)8-7-9-23(32)6-3/h7-15,18,26,31,34H,4-6,16-17,19-20H2,1-3H3,(H,35,36)(H,37,38). The summed E-state index contributed by atoms with van der Waals surface area (Å²) in [4.78, 5) is 26.0. The molecule has 41 heavy (non-hydrogen) atoms. The highest BCUT2D eigenvalue weighted by Crippen LogP contribution is 2.36. The van der Waals surface area contributed by atoms with E-state index in [1.807, 2.05) is 45.0 Å². The lowest BCUT2D eigenvalue weighted by molar-refractivity contribution is -0.142. The number of hydrogen-bond donors (Lipinski definition) is 3. The normalized spacial score (nSPS) is 13.3. The van der Waals surface area contributed by atoms with Gasteiger partial charge in [-0.05, 0) is 72.2 Å². The Kier molecular flexibility index (Phi) is 10.0. The lowest BCUT2D eigenvalue weighted by Gasteiger charge is -2.26. The van der Waals surface area contributed by atoms with Crippen LogP contribution in [0.1, 0.15) is 61.8 Å². The summed E-state index contributed by atoms with van der Waals surface area (Å²) in [5, 5.41) is 22.5. The van der Waals surface area contributed by atoms with Crippen LogP contribution in [0.25, 0.3) is 0 Å². The molecule has 0 fully saturated rings. The van der Waals surface area contributed by atoms with Crippen molar-refractivity contribution in [3.63, 3.8) is 0 Å². The minimum absolute atomic E-state index is 0.0323. The fourth-order valence-corrected chi connectivity index (χ4v) is 5.21. The highest BCUT2D eigenvalue weighted by atomic mass is 16.7. The second kappa shape index (κ2) is 13.8. The first kappa shape index (κ1) is 29.6. The molecule has 4 rings (SSSR count). The Balaban J connectivity index is 1.63. The molecule has 0 saturated heterocycles. The number of carbonyl (C=O) groups excluding carboxylic acids is 1. The summed E-state index contributed by atoms with van der Waals surface area (Å²) in [6.07, 6.45) is 2.29. The molecule has 8 nitrogen and oxygen atoms in total. The van der Waals surface area contributed by atoms with E-state index in [-0.39, 0.29) is 31.3 Å². The zero-order valence-corrected chi connectivity index (χ0v) is 23.9. The van der Waals surface area contributed by atoms with Crippen LogP contribution in [0.2, 0.25) is 0 Å². The van der Waals surface area contributed by atoms with Crippen LogP contribution in [-0.2, 0) is 28.9 Å². The van der Waals surface area contributed by atoms with Gasteiger partial charge in [0.05, 0.1) is 18.9 Å². The number of para-hydroxylation sites is 1. The molecule has 0 aliphatic carbocycles. The van der Waals surface area contributed by atoms with Crippen molar-refractivity contribution in [3.05, 3.63) is 82.9 Å². The van der Waals surface area contributed by atoms with Gasteiger partial charge in [-0.2, -0.15) is 0 Å². The van der Waals surface area contributed by atoms with Gasteiger partial charge in [0, 0.05) is 17.3 Å². The Hall–Kier alpha value is -4.33. The average Bonchev–Trinajstić information content (AvgIpc) is 3.44.